The fourth-order valence-corrected chi connectivity index (χ4v) is 1.87. The summed E-state index contributed by atoms with van der Waals surface area (Å²) in [6, 6.07) is -1.43. The number of ether oxygens (including phenoxy) is 1. The van der Waals surface area contributed by atoms with Crippen molar-refractivity contribution in [3.8, 4) is 0 Å². The minimum atomic E-state index is -5.12. The van der Waals surface area contributed by atoms with Crippen molar-refractivity contribution in [1.29, 1.82) is 0 Å². The number of carbonyl (C=O) groups excluding carboxylic acids is 1. The Morgan fingerprint density at radius 1 is 1.53 bits per heavy atom. The van der Waals surface area contributed by atoms with Gasteiger partial charge in [0, 0.05) is 13.1 Å². The zero-order chi connectivity index (χ0) is 13.4. The minimum absolute atomic E-state index is 0.207. The number of methoxy groups -OCH3 is 1. The number of nitrogens with zero attached hydrogens (tertiary/aromatic N) is 1. The van der Waals surface area contributed by atoms with Crippen molar-refractivity contribution in [2.75, 3.05) is 13.7 Å². The van der Waals surface area contributed by atoms with Crippen molar-refractivity contribution in [3.63, 3.8) is 0 Å². The maximum absolute atomic E-state index is 12.3. The van der Waals surface area contributed by atoms with Crippen LogP contribution in [-0.4, -0.2) is 73.0 Å². The number of aliphatic hydroxyl groups excluding tert-OH is 2. The Balaban J connectivity index is 3.01. The average molecular weight is 253 g/mol. The number of hydrogen-bond donors (Lipinski definition) is 2. The molecule has 1 fully saturated rings. The van der Waals surface area contributed by atoms with Gasteiger partial charge in [-0.3, -0.25) is 4.79 Å². The number of aliphatic hydroxyl groups is 2. The standard InChI is InChI=1S/C8H11BF3NO4/c1-17-5-4(15)3(2-14)13(6(5)9)7(16)8(10,11)12/h3-6,14-15H,2H2,1H3/t3-,4-,5-,6-/m1/s1. The maximum Gasteiger partial charge on any atom is 0.471 e. The molecule has 96 valence electrons. The van der Waals surface area contributed by atoms with Gasteiger partial charge in [0.25, 0.3) is 0 Å². The molecule has 2 radical (unpaired) electrons. The molecule has 0 spiro atoms. The third kappa shape index (κ3) is 2.40. The minimum Gasteiger partial charge on any atom is -0.394 e. The van der Waals surface area contributed by atoms with Crippen LogP contribution >= 0.6 is 0 Å². The van der Waals surface area contributed by atoms with Gasteiger partial charge in [0.15, 0.2) is 0 Å². The van der Waals surface area contributed by atoms with Gasteiger partial charge in [-0.2, -0.15) is 13.2 Å². The van der Waals surface area contributed by atoms with Crippen molar-refractivity contribution >= 4 is 13.8 Å². The number of rotatable bonds is 2. The van der Waals surface area contributed by atoms with E-state index in [0.29, 0.717) is 0 Å². The van der Waals surface area contributed by atoms with Gasteiger partial charge in [0.05, 0.1) is 18.8 Å². The van der Waals surface area contributed by atoms with Gasteiger partial charge in [-0.05, 0) is 0 Å². The van der Waals surface area contributed by atoms with E-state index in [4.69, 9.17) is 17.7 Å². The van der Waals surface area contributed by atoms with Crippen LogP contribution in [0.5, 0.6) is 0 Å². The van der Waals surface area contributed by atoms with Crippen molar-refractivity contribution < 1.29 is 32.9 Å². The Bertz CT molecular complexity index is 301. The molecule has 1 aliphatic heterocycles. The highest BCUT2D eigenvalue weighted by atomic mass is 19.4. The highest BCUT2D eigenvalue weighted by Crippen LogP contribution is 2.30. The van der Waals surface area contributed by atoms with Crippen molar-refractivity contribution in [1.82, 2.24) is 4.90 Å². The molecule has 9 heteroatoms. The predicted molar refractivity (Wildman–Crippen MR) is 50.1 cm³/mol. The molecule has 17 heavy (non-hydrogen) atoms. The summed E-state index contributed by atoms with van der Waals surface area (Å²) >= 11 is 0. The van der Waals surface area contributed by atoms with E-state index in [0.717, 1.165) is 7.11 Å². The summed E-state index contributed by atoms with van der Waals surface area (Å²) in [4.78, 5) is 11.3. The first kappa shape index (κ1) is 14.3. The Labute approximate surface area is 96.6 Å². The van der Waals surface area contributed by atoms with Crippen LogP contribution in [0.25, 0.3) is 0 Å². The number of halogens is 3. The monoisotopic (exact) mass is 253 g/mol. The Morgan fingerprint density at radius 2 is 2.06 bits per heavy atom. The van der Waals surface area contributed by atoms with Crippen molar-refractivity contribution in [3.05, 3.63) is 0 Å². The molecule has 1 aliphatic rings. The molecule has 0 aromatic carbocycles. The number of hydrogen-bond acceptors (Lipinski definition) is 4. The molecule has 1 amide bonds. The van der Waals surface area contributed by atoms with Gasteiger partial charge >= 0.3 is 12.1 Å². The molecule has 2 N–H and O–H groups in total. The van der Waals surface area contributed by atoms with E-state index in [1.165, 1.54) is 0 Å². The molecular weight excluding hydrogens is 242 g/mol. The van der Waals surface area contributed by atoms with Gasteiger partial charge in [-0.1, -0.05) is 0 Å². The van der Waals surface area contributed by atoms with Crippen LogP contribution in [0, 0.1) is 0 Å². The SMILES string of the molecule is [B][C@H]1[C@H](OC)[C@H](O)[C@@H](CO)N1C(=O)C(F)(F)F. The molecular formula is C8H11BF3NO4. The lowest BCUT2D eigenvalue weighted by molar-refractivity contribution is -0.188. The van der Waals surface area contributed by atoms with Crippen LogP contribution in [0.15, 0.2) is 0 Å². The zero-order valence-electron chi connectivity index (χ0n) is 8.89. The number of likely N-dealkylation sites (tertiary alicyclic amines) is 1. The van der Waals surface area contributed by atoms with E-state index < -0.39 is 42.9 Å². The molecule has 0 unspecified atom stereocenters. The van der Waals surface area contributed by atoms with Crippen LogP contribution < -0.4 is 0 Å². The van der Waals surface area contributed by atoms with Crippen LogP contribution in [0.3, 0.4) is 0 Å². The molecule has 4 atom stereocenters. The molecule has 0 bridgehead atoms. The first-order valence-electron chi connectivity index (χ1n) is 4.72. The van der Waals surface area contributed by atoms with Crippen LogP contribution in [0.1, 0.15) is 0 Å². The number of carbonyl (C=O) groups is 1. The summed E-state index contributed by atoms with van der Waals surface area (Å²) in [6.07, 6.45) is -7.75. The van der Waals surface area contributed by atoms with Crippen molar-refractivity contribution in [2.24, 2.45) is 0 Å². The second-order valence-corrected chi connectivity index (χ2v) is 3.64. The lowest BCUT2D eigenvalue weighted by Crippen LogP contribution is -2.51. The molecule has 1 saturated heterocycles. The third-order valence-corrected chi connectivity index (χ3v) is 2.68. The fourth-order valence-electron chi connectivity index (χ4n) is 1.87. The van der Waals surface area contributed by atoms with E-state index in [-0.39, 0.29) is 4.90 Å². The van der Waals surface area contributed by atoms with E-state index in [9.17, 15) is 23.1 Å². The second kappa shape index (κ2) is 4.83. The highest BCUT2D eigenvalue weighted by Gasteiger charge is 2.54. The molecule has 0 saturated carbocycles. The molecule has 1 heterocycles. The van der Waals surface area contributed by atoms with Crippen LogP contribution in [0.2, 0.25) is 0 Å². The largest absolute Gasteiger partial charge is 0.471 e. The van der Waals surface area contributed by atoms with Gasteiger partial charge in [0.2, 0.25) is 0 Å². The second-order valence-electron chi connectivity index (χ2n) is 3.64. The summed E-state index contributed by atoms with van der Waals surface area (Å²) in [6.45, 7) is -0.837. The van der Waals surface area contributed by atoms with Gasteiger partial charge < -0.3 is 19.8 Å². The third-order valence-electron chi connectivity index (χ3n) is 2.68. The lowest BCUT2D eigenvalue weighted by Gasteiger charge is -2.28. The number of amides is 1. The van der Waals surface area contributed by atoms with E-state index in [2.05, 4.69) is 0 Å². The van der Waals surface area contributed by atoms with Crippen LogP contribution in [0.4, 0.5) is 13.2 Å². The molecule has 0 aliphatic carbocycles. The Morgan fingerprint density at radius 3 is 2.41 bits per heavy atom. The summed E-state index contributed by atoms with van der Waals surface area (Å²) in [5.41, 5.74) is 0. The first-order chi connectivity index (χ1) is 7.75. The summed E-state index contributed by atoms with van der Waals surface area (Å²) in [7, 11) is 6.54. The summed E-state index contributed by atoms with van der Waals surface area (Å²) < 4.78 is 41.6. The fraction of sp³-hybridized carbons (Fsp3) is 0.875. The van der Waals surface area contributed by atoms with E-state index in [1.54, 1.807) is 0 Å². The lowest BCUT2D eigenvalue weighted by atomic mass is 9.90. The number of alkyl halides is 3. The van der Waals surface area contributed by atoms with E-state index in [1.807, 2.05) is 0 Å². The van der Waals surface area contributed by atoms with Gasteiger partial charge in [0.1, 0.15) is 14.0 Å². The quantitative estimate of drug-likeness (QED) is 0.595. The Kier molecular flexibility index (Phi) is 4.05. The summed E-state index contributed by atoms with van der Waals surface area (Å²) in [5, 5.41) is 18.5. The normalized spacial score (nSPS) is 34.1. The van der Waals surface area contributed by atoms with Gasteiger partial charge in [-0.15, -0.1) is 0 Å². The molecule has 0 aromatic rings. The smallest absolute Gasteiger partial charge is 0.394 e. The predicted octanol–water partition coefficient (Wildman–Crippen LogP) is -1.38. The molecule has 1 rings (SSSR count). The zero-order valence-corrected chi connectivity index (χ0v) is 8.89. The first-order valence-corrected chi connectivity index (χ1v) is 4.72. The topological polar surface area (TPSA) is 70.0 Å². The molecule has 0 aromatic heterocycles. The van der Waals surface area contributed by atoms with Crippen LogP contribution in [-0.2, 0) is 9.53 Å². The molecule has 5 nitrogen and oxygen atoms in total. The Hall–Kier alpha value is -0.795. The van der Waals surface area contributed by atoms with E-state index >= 15 is 0 Å². The van der Waals surface area contributed by atoms with Gasteiger partial charge in [-0.25, -0.2) is 0 Å². The average Bonchev–Trinajstić information content (AvgIpc) is 2.47. The van der Waals surface area contributed by atoms with Crippen molar-refractivity contribution in [2.45, 2.75) is 30.4 Å². The maximum atomic E-state index is 12.3. The highest BCUT2D eigenvalue weighted by molar-refractivity contribution is 6.14. The summed E-state index contributed by atoms with van der Waals surface area (Å²) in [5.74, 6) is -3.66.